The van der Waals surface area contributed by atoms with E-state index in [1.807, 2.05) is 0 Å². The zero-order valence-corrected chi connectivity index (χ0v) is 13.9. The van der Waals surface area contributed by atoms with E-state index in [4.69, 9.17) is 24.7 Å². The maximum Gasteiger partial charge on any atom is 0.271 e. The van der Waals surface area contributed by atoms with Crippen LogP contribution in [0.2, 0.25) is 0 Å². The van der Waals surface area contributed by atoms with Gasteiger partial charge in [-0.3, -0.25) is 9.20 Å². The molecule has 10 heteroatoms. The number of ether oxygens (including phenoxy) is 4. The zero-order valence-electron chi connectivity index (χ0n) is 13.9. The largest absolute Gasteiger partial charge is 0.487 e. The normalized spacial score (nSPS) is 16.2. The second-order valence-corrected chi connectivity index (χ2v) is 5.53. The Kier molecular flexibility index (Phi) is 4.50. The summed E-state index contributed by atoms with van der Waals surface area (Å²) in [5, 5.41) is 8.20. The fraction of sp³-hybridized carbons (Fsp3) is 0.375. The third-order valence-corrected chi connectivity index (χ3v) is 3.87. The van der Waals surface area contributed by atoms with Crippen molar-refractivity contribution in [1.82, 2.24) is 19.6 Å². The lowest BCUT2D eigenvalue weighted by atomic mass is 10.2. The first-order chi connectivity index (χ1) is 12.8. The van der Waals surface area contributed by atoms with Gasteiger partial charge in [-0.25, -0.2) is 4.98 Å². The Morgan fingerprint density at radius 2 is 1.73 bits per heavy atom. The molecule has 0 saturated heterocycles. The molecule has 2 N–H and O–H groups in total. The van der Waals surface area contributed by atoms with Crippen molar-refractivity contribution in [1.29, 1.82) is 0 Å². The smallest absolute Gasteiger partial charge is 0.271 e. The minimum Gasteiger partial charge on any atom is -0.487 e. The highest BCUT2D eigenvalue weighted by molar-refractivity contribution is 5.98. The Morgan fingerprint density at radius 3 is 2.50 bits per heavy atom. The van der Waals surface area contributed by atoms with E-state index in [9.17, 15) is 4.79 Å². The predicted molar refractivity (Wildman–Crippen MR) is 89.4 cm³/mol. The number of carbonyl (C=O) groups is 1. The fourth-order valence-electron chi connectivity index (χ4n) is 2.72. The van der Waals surface area contributed by atoms with Gasteiger partial charge in [0, 0.05) is 0 Å². The van der Waals surface area contributed by atoms with Gasteiger partial charge < -0.3 is 24.7 Å². The van der Waals surface area contributed by atoms with Crippen LogP contribution >= 0.6 is 0 Å². The van der Waals surface area contributed by atoms with E-state index in [1.165, 1.54) is 6.33 Å². The summed E-state index contributed by atoms with van der Waals surface area (Å²) in [5.74, 6) is 0.328. The first-order valence-corrected chi connectivity index (χ1v) is 8.13. The molecule has 1 aliphatic rings. The molecule has 0 fully saturated rings. The number of carbonyl (C=O) groups excluding carboxylic acids is 1. The van der Waals surface area contributed by atoms with Crippen LogP contribution in [0.25, 0.3) is 16.7 Å². The number of rotatable bonds is 1. The standard InChI is InChI=1S/C16H17N5O5/c17-15(22)12-16-20-19-10-1-2-11-14(13(10)21(16)9-18-12)26-8-6-24-4-3-23-5-7-25-11/h1-2,9H,3-8H2,(H2,17,22). The third-order valence-electron chi connectivity index (χ3n) is 3.87. The van der Waals surface area contributed by atoms with Crippen LogP contribution in [0, 0.1) is 0 Å². The lowest BCUT2D eigenvalue weighted by molar-refractivity contribution is 0.0225. The molecule has 3 heterocycles. The van der Waals surface area contributed by atoms with Crippen LogP contribution in [-0.4, -0.2) is 65.1 Å². The summed E-state index contributed by atoms with van der Waals surface area (Å²) in [6.07, 6.45) is 1.46. The van der Waals surface area contributed by atoms with Gasteiger partial charge in [-0.1, -0.05) is 0 Å². The highest BCUT2D eigenvalue weighted by atomic mass is 16.6. The molecule has 0 saturated carbocycles. The van der Waals surface area contributed by atoms with E-state index >= 15 is 0 Å². The number of amides is 1. The van der Waals surface area contributed by atoms with Gasteiger partial charge >= 0.3 is 0 Å². The number of nitrogens with two attached hydrogens (primary N) is 1. The number of aromatic nitrogens is 4. The van der Waals surface area contributed by atoms with Gasteiger partial charge in [0.2, 0.25) is 0 Å². The molecule has 1 amide bonds. The van der Waals surface area contributed by atoms with Crippen molar-refractivity contribution < 1.29 is 23.7 Å². The van der Waals surface area contributed by atoms with E-state index in [-0.39, 0.29) is 11.3 Å². The van der Waals surface area contributed by atoms with Crippen LogP contribution < -0.4 is 15.2 Å². The van der Waals surface area contributed by atoms with E-state index < -0.39 is 5.91 Å². The van der Waals surface area contributed by atoms with Crippen LogP contribution in [0.5, 0.6) is 11.5 Å². The van der Waals surface area contributed by atoms with E-state index in [0.717, 1.165) is 0 Å². The van der Waals surface area contributed by atoms with Crippen molar-refractivity contribution in [3.05, 3.63) is 24.2 Å². The highest BCUT2D eigenvalue weighted by Crippen LogP contribution is 2.35. The minimum atomic E-state index is -0.677. The monoisotopic (exact) mass is 359 g/mol. The second-order valence-electron chi connectivity index (χ2n) is 5.53. The van der Waals surface area contributed by atoms with Crippen molar-refractivity contribution in [2.75, 3.05) is 39.6 Å². The SMILES string of the molecule is NC(=O)c1ncn2c1nnc1ccc3c(c12)OCCOCCOCCO3. The maximum absolute atomic E-state index is 11.5. The molecule has 0 radical (unpaired) electrons. The van der Waals surface area contributed by atoms with Gasteiger partial charge in [-0.05, 0) is 12.1 Å². The van der Waals surface area contributed by atoms with Gasteiger partial charge in [0.1, 0.15) is 30.6 Å². The number of benzene rings is 1. The molecular weight excluding hydrogens is 342 g/mol. The van der Waals surface area contributed by atoms with Gasteiger partial charge in [0.05, 0.1) is 26.4 Å². The second kappa shape index (κ2) is 7.10. The molecule has 4 rings (SSSR count). The summed E-state index contributed by atoms with van der Waals surface area (Å²) in [4.78, 5) is 15.6. The molecule has 10 nitrogen and oxygen atoms in total. The lowest BCUT2D eigenvalue weighted by Gasteiger charge is -2.17. The molecule has 0 unspecified atom stereocenters. The van der Waals surface area contributed by atoms with Gasteiger partial charge in [0.15, 0.2) is 22.8 Å². The molecule has 136 valence electrons. The first kappa shape index (κ1) is 16.5. The summed E-state index contributed by atoms with van der Waals surface area (Å²) in [5.41, 5.74) is 6.81. The van der Waals surface area contributed by atoms with Crippen LogP contribution in [0.1, 0.15) is 10.5 Å². The fourth-order valence-corrected chi connectivity index (χ4v) is 2.72. The zero-order chi connectivity index (χ0) is 17.9. The predicted octanol–water partition coefficient (Wildman–Crippen LogP) is 0.181. The molecule has 0 atom stereocenters. The van der Waals surface area contributed by atoms with Crippen molar-refractivity contribution >= 4 is 22.6 Å². The number of primary amides is 1. The molecule has 3 aromatic rings. The van der Waals surface area contributed by atoms with E-state index in [0.29, 0.717) is 62.2 Å². The molecule has 0 spiro atoms. The van der Waals surface area contributed by atoms with E-state index in [1.54, 1.807) is 16.5 Å². The number of nitrogens with zero attached hydrogens (tertiary/aromatic N) is 4. The van der Waals surface area contributed by atoms with Gasteiger partial charge in [-0.15, -0.1) is 10.2 Å². The van der Waals surface area contributed by atoms with Crippen molar-refractivity contribution in [3.8, 4) is 11.5 Å². The molecule has 0 bridgehead atoms. The Morgan fingerprint density at radius 1 is 1.00 bits per heavy atom. The lowest BCUT2D eigenvalue weighted by Crippen LogP contribution is -2.16. The highest BCUT2D eigenvalue weighted by Gasteiger charge is 2.19. The number of fused-ring (bicyclic) bond motifs is 5. The van der Waals surface area contributed by atoms with Crippen molar-refractivity contribution in [2.24, 2.45) is 5.73 Å². The molecule has 2 aromatic heterocycles. The van der Waals surface area contributed by atoms with Crippen LogP contribution in [0.4, 0.5) is 0 Å². The summed E-state index contributed by atoms with van der Waals surface area (Å²) in [6.45, 7) is 2.51. The Labute approximate surface area is 147 Å². The van der Waals surface area contributed by atoms with Crippen LogP contribution in [-0.2, 0) is 9.47 Å². The molecule has 26 heavy (non-hydrogen) atoms. The summed E-state index contributed by atoms with van der Waals surface area (Å²) >= 11 is 0. The van der Waals surface area contributed by atoms with Gasteiger partial charge in [0.25, 0.3) is 5.91 Å². The first-order valence-electron chi connectivity index (χ1n) is 8.13. The Bertz CT molecular complexity index is 957. The van der Waals surface area contributed by atoms with Gasteiger partial charge in [-0.2, -0.15) is 0 Å². The number of imidazole rings is 1. The minimum absolute atomic E-state index is 0.0443. The van der Waals surface area contributed by atoms with Crippen LogP contribution in [0.15, 0.2) is 18.5 Å². The van der Waals surface area contributed by atoms with Crippen molar-refractivity contribution in [3.63, 3.8) is 0 Å². The molecule has 1 aromatic carbocycles. The molecule has 1 aliphatic heterocycles. The maximum atomic E-state index is 11.5. The summed E-state index contributed by atoms with van der Waals surface area (Å²) in [6, 6.07) is 3.52. The number of hydrogen-bond donors (Lipinski definition) is 1. The summed E-state index contributed by atoms with van der Waals surface area (Å²) in [7, 11) is 0. The topological polar surface area (TPSA) is 123 Å². The Balaban J connectivity index is 1.86. The Hall–Kier alpha value is -2.98. The average molecular weight is 359 g/mol. The third kappa shape index (κ3) is 3.00. The molecule has 0 aliphatic carbocycles. The quantitative estimate of drug-likeness (QED) is 0.653. The van der Waals surface area contributed by atoms with E-state index in [2.05, 4.69) is 15.2 Å². The average Bonchev–Trinajstić information content (AvgIpc) is 3.06. The number of hydrogen-bond acceptors (Lipinski definition) is 8. The molecular formula is C16H17N5O5. The summed E-state index contributed by atoms with van der Waals surface area (Å²) < 4.78 is 24.2. The van der Waals surface area contributed by atoms with Crippen molar-refractivity contribution in [2.45, 2.75) is 0 Å². The van der Waals surface area contributed by atoms with Crippen LogP contribution in [0.3, 0.4) is 0 Å².